The molecule has 1 fully saturated rings. The number of rotatable bonds is 5. The van der Waals surface area contributed by atoms with Crippen LogP contribution < -0.4 is 15.8 Å². The Labute approximate surface area is 151 Å². The average Bonchev–Trinajstić information content (AvgIpc) is 3.23. The molecule has 1 aromatic carbocycles. The largest absolute Gasteiger partial charge is 0.494 e. The molecule has 3 N–H and O–H groups in total. The van der Waals surface area contributed by atoms with Gasteiger partial charge >= 0.3 is 0 Å². The fourth-order valence-electron chi connectivity index (χ4n) is 2.68. The first-order valence-electron chi connectivity index (χ1n) is 7.72. The number of benzene rings is 1. The van der Waals surface area contributed by atoms with Crippen molar-refractivity contribution in [3.63, 3.8) is 0 Å². The molecular formula is C15H21ClN6O3. The number of halogens is 1. The molecule has 0 bridgehead atoms. The Morgan fingerprint density at radius 2 is 2.28 bits per heavy atom. The van der Waals surface area contributed by atoms with E-state index in [0.29, 0.717) is 35.9 Å². The number of aromatic nitrogens is 4. The molecule has 0 saturated carbocycles. The highest BCUT2D eigenvalue weighted by molar-refractivity contribution is 5.94. The van der Waals surface area contributed by atoms with Gasteiger partial charge in [0.25, 0.3) is 5.91 Å². The number of methoxy groups -OCH3 is 1. The number of hydrogen-bond donors (Lipinski definition) is 2. The second-order valence-corrected chi connectivity index (χ2v) is 5.57. The summed E-state index contributed by atoms with van der Waals surface area (Å²) in [6.07, 6.45) is 0.949. The van der Waals surface area contributed by atoms with Crippen LogP contribution in [0, 0.1) is 6.92 Å². The summed E-state index contributed by atoms with van der Waals surface area (Å²) in [6, 6.07) is 5.27. The van der Waals surface area contributed by atoms with Crippen molar-refractivity contribution in [1.82, 2.24) is 20.2 Å². The number of nitrogens with zero attached hydrogens (tertiary/aromatic N) is 4. The smallest absolute Gasteiger partial charge is 0.253 e. The van der Waals surface area contributed by atoms with E-state index >= 15 is 0 Å². The van der Waals surface area contributed by atoms with Crippen LogP contribution in [0.5, 0.6) is 5.75 Å². The van der Waals surface area contributed by atoms with Crippen molar-refractivity contribution in [2.45, 2.75) is 32.0 Å². The zero-order valence-electron chi connectivity index (χ0n) is 14.0. The maximum absolute atomic E-state index is 12.3. The van der Waals surface area contributed by atoms with Gasteiger partial charge in [-0.1, -0.05) is 0 Å². The topological polar surface area (TPSA) is 117 Å². The van der Waals surface area contributed by atoms with Crippen molar-refractivity contribution in [1.29, 1.82) is 0 Å². The normalized spacial score (nSPS) is 19.3. The molecule has 1 amide bonds. The lowest BCUT2D eigenvalue weighted by Gasteiger charge is -2.14. The fourth-order valence-corrected chi connectivity index (χ4v) is 2.68. The minimum Gasteiger partial charge on any atom is -0.494 e. The molecule has 2 heterocycles. The molecule has 25 heavy (non-hydrogen) atoms. The number of hydrogen-bond acceptors (Lipinski definition) is 7. The molecule has 1 aliphatic heterocycles. The zero-order chi connectivity index (χ0) is 17.1. The van der Waals surface area contributed by atoms with E-state index in [2.05, 4.69) is 20.8 Å². The van der Waals surface area contributed by atoms with Gasteiger partial charge in [-0.2, -0.15) is 4.68 Å². The highest BCUT2D eigenvalue weighted by Gasteiger charge is 2.30. The Balaban J connectivity index is 0.00000225. The summed E-state index contributed by atoms with van der Waals surface area (Å²) in [5, 5.41) is 14.3. The van der Waals surface area contributed by atoms with E-state index in [1.54, 1.807) is 36.9 Å². The van der Waals surface area contributed by atoms with Crippen LogP contribution in [0.2, 0.25) is 0 Å². The summed E-state index contributed by atoms with van der Waals surface area (Å²) in [4.78, 5) is 12.3. The van der Waals surface area contributed by atoms with Gasteiger partial charge in [0.05, 0.1) is 13.2 Å². The van der Waals surface area contributed by atoms with Crippen molar-refractivity contribution in [3.05, 3.63) is 24.0 Å². The lowest BCUT2D eigenvalue weighted by molar-refractivity contribution is -0.126. The molecule has 2 atom stereocenters. The Hall–Kier alpha value is -2.23. The maximum Gasteiger partial charge on any atom is 0.253 e. The summed E-state index contributed by atoms with van der Waals surface area (Å²) in [5.41, 5.74) is 6.84. The van der Waals surface area contributed by atoms with E-state index < -0.39 is 6.10 Å². The van der Waals surface area contributed by atoms with Crippen molar-refractivity contribution in [2.24, 2.45) is 5.73 Å². The first-order chi connectivity index (χ1) is 11.6. The predicted octanol–water partition coefficient (Wildman–Crippen LogP) is 0.846. The first kappa shape index (κ1) is 19.1. The van der Waals surface area contributed by atoms with Crippen molar-refractivity contribution >= 4 is 24.0 Å². The number of nitrogens with one attached hydrogen (secondary N) is 1. The van der Waals surface area contributed by atoms with E-state index in [-0.39, 0.29) is 24.4 Å². The third-order valence-electron chi connectivity index (χ3n) is 3.96. The molecule has 0 unspecified atom stereocenters. The molecule has 136 valence electrons. The standard InChI is InChI=1S/C15H20N6O3.ClH/c1-9-18-19-20-21(9)12-7-10(3-5-13(12)23-2)17-15(22)14-6-4-11(8-16)24-14;/h3,5,7,11,14H,4,6,8,16H2,1-2H3,(H,17,22);1H/t11-,14+;/m1./s1. The Morgan fingerprint density at radius 3 is 2.88 bits per heavy atom. The van der Waals surface area contributed by atoms with Crippen LogP contribution in [0.15, 0.2) is 18.2 Å². The van der Waals surface area contributed by atoms with E-state index in [0.717, 1.165) is 6.42 Å². The molecule has 1 aliphatic rings. The lowest BCUT2D eigenvalue weighted by Crippen LogP contribution is -2.29. The van der Waals surface area contributed by atoms with Gasteiger partial charge < -0.3 is 20.5 Å². The third-order valence-corrected chi connectivity index (χ3v) is 3.96. The van der Waals surface area contributed by atoms with Gasteiger partial charge in [0, 0.05) is 12.2 Å². The first-order valence-corrected chi connectivity index (χ1v) is 7.72. The highest BCUT2D eigenvalue weighted by atomic mass is 35.5. The molecule has 3 rings (SSSR count). The molecule has 0 aliphatic carbocycles. The average molecular weight is 369 g/mol. The van der Waals surface area contributed by atoms with Crippen LogP contribution in [0.3, 0.4) is 0 Å². The van der Waals surface area contributed by atoms with E-state index in [1.807, 2.05) is 0 Å². The number of tetrazole rings is 1. The molecular weight excluding hydrogens is 348 g/mol. The molecule has 9 nitrogen and oxygen atoms in total. The van der Waals surface area contributed by atoms with Crippen molar-refractivity contribution < 1.29 is 14.3 Å². The number of nitrogens with two attached hydrogens (primary N) is 1. The summed E-state index contributed by atoms with van der Waals surface area (Å²) in [7, 11) is 1.57. The molecule has 2 aromatic rings. The molecule has 10 heteroatoms. The van der Waals surface area contributed by atoms with E-state index in [4.69, 9.17) is 15.2 Å². The van der Waals surface area contributed by atoms with E-state index in [9.17, 15) is 4.79 Å². The summed E-state index contributed by atoms with van der Waals surface area (Å²) in [6.45, 7) is 2.21. The van der Waals surface area contributed by atoms with Gasteiger partial charge in [-0.05, 0) is 48.4 Å². The molecule has 1 saturated heterocycles. The minimum absolute atomic E-state index is 0. The SMILES string of the molecule is COc1ccc(NC(=O)[C@@H]2CC[C@H](CN)O2)cc1-n1nnnc1C.Cl. The number of anilines is 1. The van der Waals surface area contributed by atoms with Crippen LogP contribution in [0.4, 0.5) is 5.69 Å². The highest BCUT2D eigenvalue weighted by Crippen LogP contribution is 2.27. The second-order valence-electron chi connectivity index (χ2n) is 5.57. The summed E-state index contributed by atoms with van der Waals surface area (Å²) in [5.74, 6) is 1.03. The van der Waals surface area contributed by atoms with Gasteiger partial charge in [-0.15, -0.1) is 17.5 Å². The lowest BCUT2D eigenvalue weighted by atomic mass is 10.2. The van der Waals surface area contributed by atoms with Crippen LogP contribution in [-0.4, -0.2) is 52.0 Å². The fraction of sp³-hybridized carbons (Fsp3) is 0.467. The zero-order valence-corrected chi connectivity index (χ0v) is 14.8. The van der Waals surface area contributed by atoms with Gasteiger partial charge in [-0.3, -0.25) is 4.79 Å². The Morgan fingerprint density at radius 1 is 1.48 bits per heavy atom. The Kier molecular flexibility index (Phi) is 6.29. The Bertz CT molecular complexity index is 738. The van der Waals surface area contributed by atoms with Gasteiger partial charge in [-0.25, -0.2) is 0 Å². The van der Waals surface area contributed by atoms with Crippen LogP contribution in [0.25, 0.3) is 5.69 Å². The minimum atomic E-state index is -0.473. The molecule has 1 aromatic heterocycles. The quantitative estimate of drug-likeness (QED) is 0.803. The predicted molar refractivity (Wildman–Crippen MR) is 93.3 cm³/mol. The number of aryl methyl sites for hydroxylation is 1. The van der Waals surface area contributed by atoms with Crippen molar-refractivity contribution in [3.8, 4) is 11.4 Å². The van der Waals surface area contributed by atoms with Crippen LogP contribution in [0.1, 0.15) is 18.7 Å². The van der Waals surface area contributed by atoms with Crippen LogP contribution >= 0.6 is 12.4 Å². The van der Waals surface area contributed by atoms with Gasteiger partial charge in [0.2, 0.25) is 0 Å². The second kappa shape index (κ2) is 8.24. The van der Waals surface area contributed by atoms with Gasteiger partial charge in [0.1, 0.15) is 17.5 Å². The third kappa shape index (κ3) is 4.06. The number of carbonyl (C=O) groups is 1. The number of ether oxygens (including phenoxy) is 2. The van der Waals surface area contributed by atoms with Crippen LogP contribution in [-0.2, 0) is 9.53 Å². The van der Waals surface area contributed by atoms with E-state index in [1.165, 1.54) is 0 Å². The monoisotopic (exact) mass is 368 g/mol. The number of amides is 1. The summed E-state index contributed by atoms with van der Waals surface area (Å²) >= 11 is 0. The molecule has 0 spiro atoms. The summed E-state index contributed by atoms with van der Waals surface area (Å²) < 4.78 is 12.5. The maximum atomic E-state index is 12.3. The van der Waals surface area contributed by atoms with Gasteiger partial charge in [0.15, 0.2) is 5.82 Å². The molecule has 0 radical (unpaired) electrons. The number of carbonyl (C=O) groups excluding carboxylic acids is 1. The van der Waals surface area contributed by atoms with Crippen molar-refractivity contribution in [2.75, 3.05) is 19.0 Å².